The minimum absolute atomic E-state index is 0.000660. The first-order valence-corrected chi connectivity index (χ1v) is 6.24. The lowest BCUT2D eigenvalue weighted by Gasteiger charge is -2.08. The zero-order chi connectivity index (χ0) is 12.9. The van der Waals surface area contributed by atoms with E-state index in [1.807, 2.05) is 18.2 Å². The van der Waals surface area contributed by atoms with Gasteiger partial charge in [0.2, 0.25) is 0 Å². The van der Waals surface area contributed by atoms with Crippen molar-refractivity contribution in [1.29, 1.82) is 0 Å². The van der Waals surface area contributed by atoms with Crippen LogP contribution in [0, 0.1) is 17.3 Å². The van der Waals surface area contributed by atoms with Gasteiger partial charge in [-0.3, -0.25) is 0 Å². The number of hydrogen-bond donors (Lipinski definition) is 1. The van der Waals surface area contributed by atoms with Crippen LogP contribution in [0.4, 0.5) is 0 Å². The molecule has 0 spiro atoms. The quantitative estimate of drug-likeness (QED) is 0.867. The molecule has 0 aliphatic carbocycles. The largest absolute Gasteiger partial charge is 0.481 e. The summed E-state index contributed by atoms with van der Waals surface area (Å²) < 4.78 is 6.38. The molecule has 0 aliphatic heterocycles. The Morgan fingerprint density at radius 1 is 1.35 bits per heavy atom. The van der Waals surface area contributed by atoms with Crippen LogP contribution in [0.25, 0.3) is 0 Å². The minimum Gasteiger partial charge on any atom is -0.481 e. The Kier molecular flexibility index (Phi) is 5.04. The molecule has 92 valence electrons. The molecule has 0 fully saturated rings. The first-order valence-electron chi connectivity index (χ1n) is 5.44. The van der Waals surface area contributed by atoms with Gasteiger partial charge in [-0.25, -0.2) is 0 Å². The molecule has 0 heterocycles. The van der Waals surface area contributed by atoms with Gasteiger partial charge >= 0.3 is 0 Å². The van der Waals surface area contributed by atoms with Crippen LogP contribution in [-0.4, -0.2) is 11.7 Å². The Labute approximate surface area is 111 Å². The highest BCUT2D eigenvalue weighted by Gasteiger charge is 2.03. The Bertz CT molecular complexity index is 436. The fourth-order valence-corrected chi connectivity index (χ4v) is 1.55. The third kappa shape index (κ3) is 5.25. The van der Waals surface area contributed by atoms with E-state index >= 15 is 0 Å². The standard InChI is InChI=1S/C14H17BrO2/c1-14(2,3)7-4-8-17-12-5-6-13(15)11(9-12)10-16/h5-6,9,16H,8,10H2,1-3H3. The van der Waals surface area contributed by atoms with Gasteiger partial charge in [-0.05, 0) is 44.5 Å². The molecule has 0 amide bonds. The Morgan fingerprint density at radius 3 is 2.65 bits per heavy atom. The smallest absolute Gasteiger partial charge is 0.149 e. The van der Waals surface area contributed by atoms with E-state index < -0.39 is 0 Å². The van der Waals surface area contributed by atoms with Gasteiger partial charge in [0.15, 0.2) is 0 Å². The molecule has 0 unspecified atom stereocenters. The van der Waals surface area contributed by atoms with Crippen LogP contribution in [0.15, 0.2) is 22.7 Å². The van der Waals surface area contributed by atoms with Gasteiger partial charge in [-0.15, -0.1) is 0 Å². The van der Waals surface area contributed by atoms with Crippen LogP contribution < -0.4 is 4.74 Å². The molecule has 1 N–H and O–H groups in total. The second kappa shape index (κ2) is 6.09. The number of ether oxygens (including phenoxy) is 1. The molecule has 0 saturated carbocycles. The van der Waals surface area contributed by atoms with E-state index in [2.05, 4.69) is 48.5 Å². The molecule has 2 nitrogen and oxygen atoms in total. The van der Waals surface area contributed by atoms with Gasteiger partial charge in [-0.2, -0.15) is 0 Å². The summed E-state index contributed by atoms with van der Waals surface area (Å²) in [5.41, 5.74) is 0.811. The number of aliphatic hydroxyl groups is 1. The van der Waals surface area contributed by atoms with Crippen LogP contribution in [0.2, 0.25) is 0 Å². The lowest BCUT2D eigenvalue weighted by Crippen LogP contribution is -2.01. The van der Waals surface area contributed by atoms with E-state index in [9.17, 15) is 0 Å². The Morgan fingerprint density at radius 2 is 2.06 bits per heavy atom. The van der Waals surface area contributed by atoms with Crippen LogP contribution in [0.1, 0.15) is 26.3 Å². The Balaban J connectivity index is 2.60. The molecule has 0 aliphatic rings. The summed E-state index contributed by atoms with van der Waals surface area (Å²) in [7, 11) is 0. The van der Waals surface area contributed by atoms with Crippen molar-refractivity contribution < 1.29 is 9.84 Å². The molecule has 0 aromatic heterocycles. The molecule has 1 rings (SSSR count). The van der Waals surface area contributed by atoms with Crippen molar-refractivity contribution in [2.75, 3.05) is 6.61 Å². The fraction of sp³-hybridized carbons (Fsp3) is 0.429. The highest BCUT2D eigenvalue weighted by Crippen LogP contribution is 2.22. The second-order valence-electron chi connectivity index (χ2n) is 4.75. The zero-order valence-corrected chi connectivity index (χ0v) is 12.0. The van der Waals surface area contributed by atoms with Crippen LogP contribution in [0.5, 0.6) is 5.75 Å². The van der Waals surface area contributed by atoms with E-state index in [1.54, 1.807) is 0 Å². The highest BCUT2D eigenvalue weighted by molar-refractivity contribution is 9.10. The number of benzene rings is 1. The fourth-order valence-electron chi connectivity index (χ4n) is 1.18. The average molecular weight is 297 g/mol. The van der Waals surface area contributed by atoms with Crippen molar-refractivity contribution in [2.24, 2.45) is 5.41 Å². The maximum atomic E-state index is 9.11. The predicted octanol–water partition coefficient (Wildman–Crippen LogP) is 3.37. The molecule has 0 atom stereocenters. The van der Waals surface area contributed by atoms with Gasteiger partial charge in [0, 0.05) is 9.89 Å². The van der Waals surface area contributed by atoms with Gasteiger partial charge in [0.25, 0.3) is 0 Å². The molecule has 0 radical (unpaired) electrons. The first kappa shape index (κ1) is 14.1. The summed E-state index contributed by atoms with van der Waals surface area (Å²) in [6.07, 6.45) is 0. The maximum Gasteiger partial charge on any atom is 0.149 e. The Hall–Kier alpha value is -0.980. The summed E-state index contributed by atoms with van der Waals surface area (Å²) in [5, 5.41) is 9.11. The highest BCUT2D eigenvalue weighted by atomic mass is 79.9. The predicted molar refractivity (Wildman–Crippen MR) is 72.8 cm³/mol. The van der Waals surface area contributed by atoms with Crippen molar-refractivity contribution in [3.05, 3.63) is 28.2 Å². The van der Waals surface area contributed by atoms with Crippen molar-refractivity contribution in [2.45, 2.75) is 27.4 Å². The lowest BCUT2D eigenvalue weighted by atomic mass is 9.98. The summed E-state index contributed by atoms with van der Waals surface area (Å²) in [6, 6.07) is 5.52. The first-order chi connectivity index (χ1) is 7.92. The van der Waals surface area contributed by atoms with Gasteiger partial charge in [0.05, 0.1) is 6.61 Å². The SMILES string of the molecule is CC(C)(C)C#CCOc1ccc(Br)c(CO)c1. The molecule has 1 aromatic carbocycles. The third-order valence-corrected chi connectivity index (χ3v) is 2.74. The molecule has 17 heavy (non-hydrogen) atoms. The summed E-state index contributed by atoms with van der Waals surface area (Å²) in [4.78, 5) is 0. The summed E-state index contributed by atoms with van der Waals surface area (Å²) in [6.45, 7) is 6.53. The van der Waals surface area contributed by atoms with Crippen molar-refractivity contribution in [3.63, 3.8) is 0 Å². The van der Waals surface area contributed by atoms with Gasteiger partial charge in [-0.1, -0.05) is 27.8 Å². The van der Waals surface area contributed by atoms with Crippen molar-refractivity contribution >= 4 is 15.9 Å². The number of halogens is 1. The summed E-state index contributed by atoms with van der Waals surface area (Å²) in [5.74, 6) is 6.80. The average Bonchev–Trinajstić information content (AvgIpc) is 2.25. The van der Waals surface area contributed by atoms with Crippen LogP contribution in [0.3, 0.4) is 0 Å². The zero-order valence-electron chi connectivity index (χ0n) is 10.4. The molecule has 0 saturated heterocycles. The van der Waals surface area contributed by atoms with Crippen LogP contribution >= 0.6 is 15.9 Å². The molecule has 1 aromatic rings. The van der Waals surface area contributed by atoms with Gasteiger partial charge < -0.3 is 9.84 Å². The van der Waals surface area contributed by atoms with E-state index in [0.29, 0.717) is 6.61 Å². The number of rotatable bonds is 3. The molecular formula is C14H17BrO2. The van der Waals surface area contributed by atoms with Crippen molar-refractivity contribution in [1.82, 2.24) is 0 Å². The maximum absolute atomic E-state index is 9.11. The molecular weight excluding hydrogens is 280 g/mol. The monoisotopic (exact) mass is 296 g/mol. The molecule has 0 bridgehead atoms. The number of aliphatic hydroxyl groups excluding tert-OH is 1. The van der Waals surface area contributed by atoms with Gasteiger partial charge in [0.1, 0.15) is 12.4 Å². The van der Waals surface area contributed by atoms with E-state index in [4.69, 9.17) is 9.84 Å². The summed E-state index contributed by atoms with van der Waals surface area (Å²) >= 11 is 3.36. The second-order valence-corrected chi connectivity index (χ2v) is 5.61. The van der Waals surface area contributed by atoms with E-state index in [-0.39, 0.29) is 12.0 Å². The van der Waals surface area contributed by atoms with Crippen LogP contribution in [-0.2, 0) is 6.61 Å². The lowest BCUT2D eigenvalue weighted by molar-refractivity contribution is 0.280. The minimum atomic E-state index is -0.00848. The molecule has 3 heteroatoms. The number of hydrogen-bond acceptors (Lipinski definition) is 2. The topological polar surface area (TPSA) is 29.5 Å². The normalized spacial score (nSPS) is 10.6. The van der Waals surface area contributed by atoms with E-state index in [1.165, 1.54) is 0 Å². The third-order valence-electron chi connectivity index (χ3n) is 1.96. The van der Waals surface area contributed by atoms with E-state index in [0.717, 1.165) is 15.8 Å². The van der Waals surface area contributed by atoms with Crippen molar-refractivity contribution in [3.8, 4) is 17.6 Å².